The molecular formula is C7H10N2O3S. The number of amides is 2. The zero-order valence-electron chi connectivity index (χ0n) is 6.82. The van der Waals surface area contributed by atoms with Crippen molar-refractivity contribution in [2.45, 2.75) is 23.8 Å². The zero-order valence-corrected chi connectivity index (χ0v) is 7.63. The second kappa shape index (κ2) is 3.10. The molecule has 0 unspecified atom stereocenters. The first kappa shape index (κ1) is 8.68. The topological polar surface area (TPSA) is 78.4 Å². The van der Waals surface area contributed by atoms with Crippen molar-refractivity contribution in [1.29, 1.82) is 0 Å². The lowest BCUT2D eigenvalue weighted by molar-refractivity contribution is -0.137. The minimum Gasteiger partial charge on any atom is -0.481 e. The summed E-state index contributed by atoms with van der Waals surface area (Å²) < 4.78 is 0. The number of carbonyl (C=O) groups is 2. The van der Waals surface area contributed by atoms with E-state index in [4.69, 9.17) is 5.11 Å². The van der Waals surface area contributed by atoms with Crippen LogP contribution in [0.1, 0.15) is 6.42 Å². The van der Waals surface area contributed by atoms with E-state index in [1.54, 1.807) is 11.8 Å². The molecule has 2 heterocycles. The van der Waals surface area contributed by atoms with Crippen molar-refractivity contribution in [3.63, 3.8) is 0 Å². The second-order valence-corrected chi connectivity index (χ2v) is 4.49. The molecule has 3 atom stereocenters. The Morgan fingerprint density at radius 3 is 3.08 bits per heavy atom. The zero-order chi connectivity index (χ0) is 9.42. The summed E-state index contributed by atoms with van der Waals surface area (Å²) in [7, 11) is 0. The van der Waals surface area contributed by atoms with Crippen molar-refractivity contribution >= 4 is 23.8 Å². The summed E-state index contributed by atoms with van der Waals surface area (Å²) in [4.78, 5) is 21.4. The van der Waals surface area contributed by atoms with Gasteiger partial charge in [-0.3, -0.25) is 4.79 Å². The van der Waals surface area contributed by atoms with E-state index in [9.17, 15) is 9.59 Å². The van der Waals surface area contributed by atoms with Crippen LogP contribution in [0, 0.1) is 0 Å². The molecule has 0 bridgehead atoms. The lowest BCUT2D eigenvalue weighted by Crippen LogP contribution is -2.37. The Balaban J connectivity index is 2.00. The fraction of sp³-hybridized carbons (Fsp3) is 0.714. The van der Waals surface area contributed by atoms with E-state index < -0.39 is 5.97 Å². The summed E-state index contributed by atoms with van der Waals surface area (Å²) in [5.74, 6) is 0.000693. The number of carboxylic acid groups (broad SMARTS) is 1. The first-order chi connectivity index (χ1) is 6.16. The lowest BCUT2D eigenvalue weighted by atomic mass is 10.1. The van der Waals surface area contributed by atoms with Crippen molar-refractivity contribution < 1.29 is 14.7 Å². The molecule has 0 aromatic rings. The Morgan fingerprint density at radius 2 is 2.38 bits per heavy atom. The summed E-state index contributed by atoms with van der Waals surface area (Å²) >= 11 is 1.61. The summed E-state index contributed by atoms with van der Waals surface area (Å²) in [6.07, 6.45) is 0.119. The number of rotatable bonds is 2. The van der Waals surface area contributed by atoms with E-state index in [0.29, 0.717) is 0 Å². The number of thioether (sulfide) groups is 1. The lowest BCUT2D eigenvalue weighted by Gasteiger charge is -2.13. The van der Waals surface area contributed by atoms with Crippen molar-refractivity contribution in [3.05, 3.63) is 0 Å². The molecule has 72 valence electrons. The fourth-order valence-electron chi connectivity index (χ4n) is 1.74. The Morgan fingerprint density at radius 1 is 1.62 bits per heavy atom. The van der Waals surface area contributed by atoms with Crippen LogP contribution in [0.4, 0.5) is 4.79 Å². The first-order valence-electron chi connectivity index (χ1n) is 4.07. The smallest absolute Gasteiger partial charge is 0.315 e. The standard InChI is InChI=1S/C7H10N2O3S/c10-5(11)1-4-6-3(2-13-4)8-7(12)9-6/h3-4,6H,1-2H2,(H,10,11)(H2,8,9,12)/t3-,4-,6-/m0/s1. The van der Waals surface area contributed by atoms with Crippen molar-refractivity contribution in [2.24, 2.45) is 0 Å². The molecule has 5 nitrogen and oxygen atoms in total. The molecule has 0 aromatic carbocycles. The van der Waals surface area contributed by atoms with Crippen LogP contribution < -0.4 is 10.6 Å². The second-order valence-electron chi connectivity index (χ2n) is 3.22. The number of urea groups is 1. The van der Waals surface area contributed by atoms with E-state index in [2.05, 4.69) is 10.6 Å². The monoisotopic (exact) mass is 202 g/mol. The molecule has 6 heteroatoms. The normalized spacial score (nSPS) is 36.6. The minimum absolute atomic E-state index is 0.00593. The molecule has 0 aliphatic carbocycles. The molecule has 2 aliphatic rings. The summed E-state index contributed by atoms with van der Waals surface area (Å²) in [6, 6.07) is -0.0684. The van der Waals surface area contributed by atoms with Gasteiger partial charge in [-0.15, -0.1) is 0 Å². The highest BCUT2D eigenvalue weighted by molar-refractivity contribution is 8.00. The molecular weight excluding hydrogens is 192 g/mol. The SMILES string of the molecule is O=C(O)C[C@@H]1SC[C@@H]2NC(=O)N[C@@H]21. The van der Waals surface area contributed by atoms with E-state index in [1.165, 1.54) is 0 Å². The quantitative estimate of drug-likeness (QED) is 0.534. The third-order valence-electron chi connectivity index (χ3n) is 2.31. The minimum atomic E-state index is -0.806. The van der Waals surface area contributed by atoms with Crippen LogP contribution in [0.5, 0.6) is 0 Å². The van der Waals surface area contributed by atoms with Crippen LogP contribution in [0.2, 0.25) is 0 Å². The molecule has 0 radical (unpaired) electrons. The molecule has 13 heavy (non-hydrogen) atoms. The van der Waals surface area contributed by atoms with E-state index in [-0.39, 0.29) is 29.8 Å². The number of aliphatic carboxylic acids is 1. The first-order valence-corrected chi connectivity index (χ1v) is 5.12. The van der Waals surface area contributed by atoms with Gasteiger partial charge in [-0.1, -0.05) is 0 Å². The fourth-order valence-corrected chi connectivity index (χ4v) is 3.21. The highest BCUT2D eigenvalue weighted by Gasteiger charge is 2.43. The number of hydrogen-bond acceptors (Lipinski definition) is 3. The van der Waals surface area contributed by atoms with E-state index in [0.717, 1.165) is 5.75 Å². The van der Waals surface area contributed by atoms with Gasteiger partial charge in [0.1, 0.15) is 0 Å². The highest BCUT2D eigenvalue weighted by atomic mass is 32.2. The van der Waals surface area contributed by atoms with Gasteiger partial charge in [0.2, 0.25) is 0 Å². The average molecular weight is 202 g/mol. The predicted octanol–water partition coefficient (Wildman–Crippen LogP) is -0.373. The molecule has 2 fully saturated rings. The van der Waals surface area contributed by atoms with Gasteiger partial charge in [0.05, 0.1) is 18.5 Å². The van der Waals surface area contributed by atoms with E-state index >= 15 is 0 Å². The Kier molecular flexibility index (Phi) is 2.07. The number of carboxylic acids is 1. The third-order valence-corrected chi connectivity index (χ3v) is 3.75. The van der Waals surface area contributed by atoms with Gasteiger partial charge < -0.3 is 15.7 Å². The van der Waals surface area contributed by atoms with Gasteiger partial charge in [0.25, 0.3) is 0 Å². The summed E-state index contributed by atoms with van der Waals surface area (Å²) in [6.45, 7) is 0. The Bertz CT molecular complexity index is 258. The number of carbonyl (C=O) groups excluding carboxylic acids is 1. The molecule has 3 N–H and O–H groups in total. The van der Waals surface area contributed by atoms with Crippen LogP contribution >= 0.6 is 11.8 Å². The van der Waals surface area contributed by atoms with Gasteiger partial charge >= 0.3 is 12.0 Å². The maximum absolute atomic E-state index is 10.9. The molecule has 0 aromatic heterocycles. The highest BCUT2D eigenvalue weighted by Crippen LogP contribution is 2.31. The third kappa shape index (κ3) is 1.58. The molecule has 2 aliphatic heterocycles. The number of hydrogen-bond donors (Lipinski definition) is 3. The predicted molar refractivity (Wildman–Crippen MR) is 47.7 cm³/mol. The van der Waals surface area contributed by atoms with Gasteiger partial charge in [0, 0.05) is 11.0 Å². The van der Waals surface area contributed by atoms with Crippen LogP contribution in [-0.4, -0.2) is 40.2 Å². The van der Waals surface area contributed by atoms with Gasteiger partial charge in [-0.05, 0) is 0 Å². The van der Waals surface area contributed by atoms with Gasteiger partial charge in [-0.2, -0.15) is 11.8 Å². The molecule has 2 saturated heterocycles. The number of fused-ring (bicyclic) bond motifs is 1. The maximum Gasteiger partial charge on any atom is 0.315 e. The summed E-state index contributed by atoms with van der Waals surface area (Å²) in [5, 5.41) is 14.1. The van der Waals surface area contributed by atoms with Crippen LogP contribution in [0.15, 0.2) is 0 Å². The van der Waals surface area contributed by atoms with Crippen LogP contribution in [-0.2, 0) is 4.79 Å². The van der Waals surface area contributed by atoms with Gasteiger partial charge in [-0.25, -0.2) is 4.79 Å². The van der Waals surface area contributed by atoms with Crippen molar-refractivity contribution in [2.75, 3.05) is 5.75 Å². The van der Waals surface area contributed by atoms with Crippen molar-refractivity contribution in [3.8, 4) is 0 Å². The Labute approximate surface area is 79.3 Å². The average Bonchev–Trinajstić information content (AvgIpc) is 2.51. The van der Waals surface area contributed by atoms with Crippen molar-refractivity contribution in [1.82, 2.24) is 10.6 Å². The van der Waals surface area contributed by atoms with Crippen LogP contribution in [0.25, 0.3) is 0 Å². The molecule has 0 saturated carbocycles. The van der Waals surface area contributed by atoms with Gasteiger partial charge in [0.15, 0.2) is 0 Å². The Hall–Kier alpha value is -0.910. The van der Waals surface area contributed by atoms with Crippen LogP contribution in [0.3, 0.4) is 0 Å². The molecule has 2 rings (SSSR count). The maximum atomic E-state index is 10.9. The number of nitrogens with one attached hydrogen (secondary N) is 2. The van der Waals surface area contributed by atoms with E-state index in [1.807, 2.05) is 0 Å². The molecule has 2 amide bonds. The largest absolute Gasteiger partial charge is 0.481 e. The molecule has 0 spiro atoms. The summed E-state index contributed by atoms with van der Waals surface area (Å²) in [5.41, 5.74) is 0.